The van der Waals surface area contributed by atoms with Gasteiger partial charge in [-0.3, -0.25) is 14.7 Å². The normalized spacial score (nSPS) is 11.3. The van der Waals surface area contributed by atoms with Crippen LogP contribution in [0.15, 0.2) is 62.7 Å². The molecule has 0 radical (unpaired) electrons. The second-order valence-electron chi connectivity index (χ2n) is 6.84. The molecule has 4 aromatic heterocycles. The Morgan fingerprint density at radius 3 is 2.47 bits per heavy atom. The SMILES string of the molecule is Cc1nc2c(-c3ccccc3)c(C)[nH]n2c(=O)c1-c1nnc(-c2ccc[nH]c2=O)o1. The summed E-state index contributed by atoms with van der Waals surface area (Å²) in [5.74, 6) is 0.0366. The van der Waals surface area contributed by atoms with E-state index in [4.69, 9.17) is 4.42 Å². The molecule has 0 amide bonds. The van der Waals surface area contributed by atoms with Crippen molar-refractivity contribution in [3.8, 4) is 34.0 Å². The molecule has 0 atom stereocenters. The minimum atomic E-state index is -0.361. The molecule has 0 saturated heterocycles. The molecule has 0 aliphatic heterocycles. The molecule has 4 heterocycles. The third-order valence-electron chi connectivity index (χ3n) is 4.89. The number of nitrogens with zero attached hydrogens (tertiary/aromatic N) is 4. The van der Waals surface area contributed by atoms with Gasteiger partial charge in [0.05, 0.1) is 5.69 Å². The van der Waals surface area contributed by atoms with Crippen molar-refractivity contribution in [3.05, 3.63) is 80.8 Å². The van der Waals surface area contributed by atoms with Gasteiger partial charge in [0.25, 0.3) is 22.9 Å². The smallest absolute Gasteiger partial charge is 0.285 e. The Kier molecular flexibility index (Phi) is 3.95. The second-order valence-corrected chi connectivity index (χ2v) is 6.84. The van der Waals surface area contributed by atoms with Crippen LogP contribution in [-0.2, 0) is 0 Å². The molecule has 0 spiro atoms. The van der Waals surface area contributed by atoms with Crippen LogP contribution in [0.25, 0.3) is 39.7 Å². The van der Waals surface area contributed by atoms with Crippen molar-refractivity contribution in [2.45, 2.75) is 13.8 Å². The molecule has 30 heavy (non-hydrogen) atoms. The molecule has 1 aromatic carbocycles. The molecule has 148 valence electrons. The van der Waals surface area contributed by atoms with E-state index < -0.39 is 0 Å². The van der Waals surface area contributed by atoms with E-state index in [1.165, 1.54) is 10.7 Å². The number of hydrogen-bond donors (Lipinski definition) is 2. The number of aromatic nitrogens is 6. The lowest BCUT2D eigenvalue weighted by Gasteiger charge is -2.03. The lowest BCUT2D eigenvalue weighted by Crippen LogP contribution is -2.19. The summed E-state index contributed by atoms with van der Waals surface area (Å²) in [4.78, 5) is 32.4. The average molecular weight is 400 g/mol. The van der Waals surface area contributed by atoms with Crippen LogP contribution in [-0.4, -0.2) is 29.8 Å². The molecule has 0 bridgehead atoms. The van der Waals surface area contributed by atoms with Crippen LogP contribution >= 0.6 is 0 Å². The standard InChI is InChI=1S/C21H16N6O3/c1-11-16(20-25-24-19(30-20)14-9-6-10-22-18(14)28)21(29)27-17(23-11)15(12(2)26-27)13-7-4-3-5-8-13/h3-10,26H,1-2H3,(H,22,28). The van der Waals surface area contributed by atoms with E-state index in [1.54, 1.807) is 19.1 Å². The minimum absolute atomic E-state index is 0.00571. The predicted octanol–water partition coefficient (Wildman–Crippen LogP) is 2.71. The fourth-order valence-corrected chi connectivity index (χ4v) is 3.51. The molecule has 2 N–H and O–H groups in total. The number of pyridine rings is 1. The van der Waals surface area contributed by atoms with E-state index in [2.05, 4.69) is 25.3 Å². The monoisotopic (exact) mass is 400 g/mol. The number of fused-ring (bicyclic) bond motifs is 1. The summed E-state index contributed by atoms with van der Waals surface area (Å²) in [6.07, 6.45) is 1.51. The summed E-state index contributed by atoms with van der Waals surface area (Å²) < 4.78 is 7.03. The average Bonchev–Trinajstić information content (AvgIpc) is 3.34. The molecule has 9 heteroatoms. The molecule has 5 rings (SSSR count). The van der Waals surface area contributed by atoms with Crippen LogP contribution in [0.1, 0.15) is 11.4 Å². The van der Waals surface area contributed by atoms with E-state index in [-0.39, 0.29) is 34.0 Å². The second kappa shape index (κ2) is 6.66. The number of hydrogen-bond acceptors (Lipinski definition) is 6. The number of aromatic amines is 2. The van der Waals surface area contributed by atoms with Gasteiger partial charge >= 0.3 is 0 Å². The Labute approximate surface area is 169 Å². The number of rotatable bonds is 3. The van der Waals surface area contributed by atoms with E-state index in [0.29, 0.717) is 11.3 Å². The molecule has 9 nitrogen and oxygen atoms in total. The summed E-state index contributed by atoms with van der Waals surface area (Å²) in [5, 5.41) is 11.0. The highest BCUT2D eigenvalue weighted by atomic mass is 16.4. The van der Waals surface area contributed by atoms with Crippen molar-refractivity contribution in [3.63, 3.8) is 0 Å². The van der Waals surface area contributed by atoms with Gasteiger partial charge in [-0.1, -0.05) is 30.3 Å². The van der Waals surface area contributed by atoms with Gasteiger partial charge in [0, 0.05) is 17.5 Å². The van der Waals surface area contributed by atoms with Gasteiger partial charge < -0.3 is 9.40 Å². The fraction of sp³-hybridized carbons (Fsp3) is 0.0952. The first kappa shape index (κ1) is 17.8. The zero-order valence-corrected chi connectivity index (χ0v) is 16.1. The van der Waals surface area contributed by atoms with Crippen molar-refractivity contribution in [2.24, 2.45) is 0 Å². The summed E-state index contributed by atoms with van der Waals surface area (Å²) >= 11 is 0. The lowest BCUT2D eigenvalue weighted by molar-refractivity contribution is 0.581. The van der Waals surface area contributed by atoms with Gasteiger partial charge in [0.1, 0.15) is 11.1 Å². The first-order chi connectivity index (χ1) is 14.5. The van der Waals surface area contributed by atoms with Crippen LogP contribution in [0.5, 0.6) is 0 Å². The molecular weight excluding hydrogens is 384 g/mol. The number of benzene rings is 1. The Balaban J connectivity index is 1.70. The van der Waals surface area contributed by atoms with Gasteiger partial charge in [0.15, 0.2) is 5.65 Å². The lowest BCUT2D eigenvalue weighted by atomic mass is 10.1. The maximum atomic E-state index is 13.3. The molecular formula is C21H16N6O3. The van der Waals surface area contributed by atoms with Crippen molar-refractivity contribution >= 4 is 5.65 Å². The summed E-state index contributed by atoms with van der Waals surface area (Å²) in [6.45, 7) is 3.60. The van der Waals surface area contributed by atoms with Crippen molar-refractivity contribution < 1.29 is 4.42 Å². The van der Waals surface area contributed by atoms with Gasteiger partial charge in [-0.2, -0.15) is 0 Å². The summed E-state index contributed by atoms with van der Waals surface area (Å²) in [6, 6.07) is 13.0. The Hall–Kier alpha value is -4.27. The van der Waals surface area contributed by atoms with Crippen LogP contribution in [0, 0.1) is 13.8 Å². The third-order valence-corrected chi connectivity index (χ3v) is 4.89. The van der Waals surface area contributed by atoms with E-state index in [0.717, 1.165) is 16.8 Å². The maximum Gasteiger partial charge on any atom is 0.285 e. The zero-order valence-electron chi connectivity index (χ0n) is 16.1. The Morgan fingerprint density at radius 1 is 0.933 bits per heavy atom. The minimum Gasteiger partial charge on any atom is -0.416 e. The van der Waals surface area contributed by atoms with E-state index in [1.807, 2.05) is 37.3 Å². The number of aryl methyl sites for hydroxylation is 2. The molecule has 0 saturated carbocycles. The van der Waals surface area contributed by atoms with Gasteiger partial charge in [0.2, 0.25) is 0 Å². The predicted molar refractivity (Wildman–Crippen MR) is 110 cm³/mol. The number of nitrogens with one attached hydrogen (secondary N) is 2. The topological polar surface area (TPSA) is 122 Å². The van der Waals surface area contributed by atoms with Crippen LogP contribution in [0.4, 0.5) is 0 Å². The Morgan fingerprint density at radius 2 is 1.70 bits per heavy atom. The van der Waals surface area contributed by atoms with Crippen molar-refractivity contribution in [2.75, 3.05) is 0 Å². The van der Waals surface area contributed by atoms with Crippen LogP contribution in [0.2, 0.25) is 0 Å². The largest absolute Gasteiger partial charge is 0.416 e. The van der Waals surface area contributed by atoms with Crippen LogP contribution in [0.3, 0.4) is 0 Å². The van der Waals surface area contributed by atoms with Crippen LogP contribution < -0.4 is 11.1 Å². The van der Waals surface area contributed by atoms with Crippen molar-refractivity contribution in [1.29, 1.82) is 0 Å². The maximum absolute atomic E-state index is 13.3. The van der Waals surface area contributed by atoms with E-state index in [9.17, 15) is 9.59 Å². The summed E-state index contributed by atoms with van der Waals surface area (Å²) in [7, 11) is 0. The zero-order chi connectivity index (χ0) is 20.8. The molecule has 5 aromatic rings. The highest BCUT2D eigenvalue weighted by molar-refractivity contribution is 5.80. The summed E-state index contributed by atoms with van der Waals surface area (Å²) in [5.41, 5.74) is 3.27. The van der Waals surface area contributed by atoms with Gasteiger partial charge in [-0.25, -0.2) is 9.50 Å². The first-order valence-corrected chi connectivity index (χ1v) is 9.24. The first-order valence-electron chi connectivity index (χ1n) is 9.24. The molecule has 0 unspecified atom stereocenters. The van der Waals surface area contributed by atoms with Gasteiger partial charge in [-0.15, -0.1) is 10.2 Å². The van der Waals surface area contributed by atoms with Crippen molar-refractivity contribution in [1.82, 2.24) is 29.8 Å². The quantitative estimate of drug-likeness (QED) is 0.480. The highest BCUT2D eigenvalue weighted by Gasteiger charge is 2.22. The van der Waals surface area contributed by atoms with Gasteiger partial charge in [-0.05, 0) is 31.5 Å². The van der Waals surface area contributed by atoms with E-state index >= 15 is 0 Å². The fourth-order valence-electron chi connectivity index (χ4n) is 3.51. The molecule has 0 fully saturated rings. The highest BCUT2D eigenvalue weighted by Crippen LogP contribution is 2.28. The molecule has 0 aliphatic carbocycles. The Bertz CT molecular complexity index is 1510. The number of H-pyrrole nitrogens is 2. The molecule has 0 aliphatic rings. The third kappa shape index (κ3) is 2.67.